The van der Waals surface area contributed by atoms with E-state index < -0.39 is 0 Å². The molecule has 0 aliphatic carbocycles. The quantitative estimate of drug-likeness (QED) is 0.800. The van der Waals surface area contributed by atoms with Crippen molar-refractivity contribution >= 4 is 0 Å². The maximum Gasteiger partial charge on any atom is 0.0107 e. The van der Waals surface area contributed by atoms with Crippen molar-refractivity contribution in [3.63, 3.8) is 0 Å². The number of hydrogen-bond acceptors (Lipinski definition) is 3. The zero-order chi connectivity index (χ0) is 12.3. The van der Waals surface area contributed by atoms with E-state index >= 15 is 0 Å². The fraction of sp³-hybridized carbons (Fsp3) is 1.00. The summed E-state index contributed by atoms with van der Waals surface area (Å²) in [6.07, 6.45) is 1.40. The third kappa shape index (κ3) is 4.57. The summed E-state index contributed by atoms with van der Waals surface area (Å²) in [6.45, 7) is 17.1. The van der Waals surface area contributed by atoms with Crippen molar-refractivity contribution in [1.29, 1.82) is 0 Å². The molecular formula is C14H29N3. The van der Waals surface area contributed by atoms with Gasteiger partial charge in [0, 0.05) is 45.8 Å². The second-order valence-electron chi connectivity index (χ2n) is 7.00. The largest absolute Gasteiger partial charge is 0.314 e. The lowest BCUT2D eigenvalue weighted by atomic mass is 9.96. The Balaban J connectivity index is 1.70. The van der Waals surface area contributed by atoms with Gasteiger partial charge in [-0.05, 0) is 24.3 Å². The number of likely N-dealkylation sites (tertiary alicyclic amines) is 1. The second-order valence-corrected chi connectivity index (χ2v) is 7.00. The summed E-state index contributed by atoms with van der Waals surface area (Å²) < 4.78 is 0. The zero-order valence-electron chi connectivity index (χ0n) is 11.8. The SMILES string of the molecule is CC(C)(C)CN1CC[C@H](CN2CCNCC2)C1. The van der Waals surface area contributed by atoms with E-state index in [-0.39, 0.29) is 0 Å². The molecule has 3 nitrogen and oxygen atoms in total. The van der Waals surface area contributed by atoms with E-state index in [1.807, 2.05) is 0 Å². The Bertz CT molecular complexity index is 228. The van der Waals surface area contributed by atoms with Gasteiger partial charge in [0.1, 0.15) is 0 Å². The number of piperazine rings is 1. The van der Waals surface area contributed by atoms with Gasteiger partial charge in [-0.25, -0.2) is 0 Å². The Morgan fingerprint density at radius 3 is 2.41 bits per heavy atom. The van der Waals surface area contributed by atoms with Gasteiger partial charge in [0.05, 0.1) is 0 Å². The van der Waals surface area contributed by atoms with Crippen molar-refractivity contribution in [3.05, 3.63) is 0 Å². The third-order valence-electron chi connectivity index (χ3n) is 3.79. The summed E-state index contributed by atoms with van der Waals surface area (Å²) in [7, 11) is 0. The molecule has 2 aliphatic rings. The monoisotopic (exact) mass is 239 g/mol. The first kappa shape index (κ1) is 13.3. The fourth-order valence-corrected chi connectivity index (χ4v) is 3.14. The van der Waals surface area contributed by atoms with Crippen molar-refractivity contribution in [3.8, 4) is 0 Å². The van der Waals surface area contributed by atoms with Crippen LogP contribution < -0.4 is 5.32 Å². The van der Waals surface area contributed by atoms with Crippen LogP contribution in [0.25, 0.3) is 0 Å². The Hall–Kier alpha value is -0.120. The minimum absolute atomic E-state index is 0.448. The van der Waals surface area contributed by atoms with E-state index in [1.54, 1.807) is 0 Å². The molecule has 3 heteroatoms. The fourth-order valence-electron chi connectivity index (χ4n) is 3.14. The van der Waals surface area contributed by atoms with E-state index in [1.165, 1.54) is 58.8 Å². The van der Waals surface area contributed by atoms with Crippen LogP contribution in [0.4, 0.5) is 0 Å². The number of nitrogens with zero attached hydrogens (tertiary/aromatic N) is 2. The van der Waals surface area contributed by atoms with E-state index in [4.69, 9.17) is 0 Å². The molecule has 100 valence electrons. The molecule has 0 aromatic heterocycles. The molecule has 0 amide bonds. The molecule has 1 N–H and O–H groups in total. The number of rotatable bonds is 3. The lowest BCUT2D eigenvalue weighted by Gasteiger charge is -2.30. The van der Waals surface area contributed by atoms with Crippen molar-refractivity contribution in [2.75, 3.05) is 52.4 Å². The van der Waals surface area contributed by atoms with Gasteiger partial charge >= 0.3 is 0 Å². The highest BCUT2D eigenvalue weighted by Gasteiger charge is 2.27. The molecule has 0 aromatic rings. The molecule has 2 fully saturated rings. The first-order chi connectivity index (χ1) is 8.03. The Morgan fingerprint density at radius 2 is 1.76 bits per heavy atom. The zero-order valence-corrected chi connectivity index (χ0v) is 11.8. The van der Waals surface area contributed by atoms with Crippen molar-refractivity contribution in [2.45, 2.75) is 27.2 Å². The molecule has 0 unspecified atom stereocenters. The van der Waals surface area contributed by atoms with Gasteiger partial charge in [0.15, 0.2) is 0 Å². The third-order valence-corrected chi connectivity index (χ3v) is 3.79. The Morgan fingerprint density at radius 1 is 1.06 bits per heavy atom. The summed E-state index contributed by atoms with van der Waals surface area (Å²) in [6, 6.07) is 0. The van der Waals surface area contributed by atoms with E-state index in [2.05, 4.69) is 35.9 Å². The maximum atomic E-state index is 3.43. The van der Waals surface area contributed by atoms with Crippen LogP contribution in [0.2, 0.25) is 0 Å². The summed E-state index contributed by atoms with van der Waals surface area (Å²) in [4.78, 5) is 5.30. The number of nitrogens with one attached hydrogen (secondary N) is 1. The van der Waals surface area contributed by atoms with Gasteiger partial charge in [-0.2, -0.15) is 0 Å². The van der Waals surface area contributed by atoms with Crippen LogP contribution in [0.1, 0.15) is 27.2 Å². The van der Waals surface area contributed by atoms with Gasteiger partial charge in [0.25, 0.3) is 0 Å². The molecule has 2 aliphatic heterocycles. The molecule has 17 heavy (non-hydrogen) atoms. The molecular weight excluding hydrogens is 210 g/mol. The van der Waals surface area contributed by atoms with E-state index in [9.17, 15) is 0 Å². The van der Waals surface area contributed by atoms with Crippen LogP contribution in [-0.2, 0) is 0 Å². The van der Waals surface area contributed by atoms with E-state index in [0.29, 0.717) is 5.41 Å². The summed E-state index contributed by atoms with van der Waals surface area (Å²) in [5, 5.41) is 3.43. The summed E-state index contributed by atoms with van der Waals surface area (Å²) >= 11 is 0. The molecule has 2 heterocycles. The standard InChI is InChI=1S/C14H29N3/c1-14(2,3)12-17-7-4-13(11-17)10-16-8-5-15-6-9-16/h13,15H,4-12H2,1-3H3/t13-/m1/s1. The highest BCUT2D eigenvalue weighted by Crippen LogP contribution is 2.23. The van der Waals surface area contributed by atoms with Gasteiger partial charge in [0.2, 0.25) is 0 Å². The van der Waals surface area contributed by atoms with E-state index in [0.717, 1.165) is 5.92 Å². The summed E-state index contributed by atoms with van der Waals surface area (Å²) in [5.41, 5.74) is 0.448. The van der Waals surface area contributed by atoms with Gasteiger partial charge in [-0.3, -0.25) is 0 Å². The predicted octanol–water partition coefficient (Wildman–Crippen LogP) is 1.26. The second kappa shape index (κ2) is 5.68. The molecule has 0 saturated carbocycles. The average molecular weight is 239 g/mol. The highest BCUT2D eigenvalue weighted by atomic mass is 15.2. The van der Waals surface area contributed by atoms with Crippen molar-refractivity contribution in [2.24, 2.45) is 11.3 Å². The smallest absolute Gasteiger partial charge is 0.0107 e. The first-order valence-corrected chi connectivity index (χ1v) is 7.18. The maximum absolute atomic E-state index is 3.43. The minimum Gasteiger partial charge on any atom is -0.314 e. The van der Waals surface area contributed by atoms with Crippen molar-refractivity contribution in [1.82, 2.24) is 15.1 Å². The molecule has 2 rings (SSSR count). The molecule has 0 aromatic carbocycles. The lowest BCUT2D eigenvalue weighted by Crippen LogP contribution is -2.45. The number of hydrogen-bond donors (Lipinski definition) is 1. The molecule has 2 saturated heterocycles. The molecule has 0 spiro atoms. The van der Waals surface area contributed by atoms with Crippen LogP contribution in [0.15, 0.2) is 0 Å². The Labute approximate surface area is 107 Å². The normalized spacial score (nSPS) is 28.8. The first-order valence-electron chi connectivity index (χ1n) is 7.18. The topological polar surface area (TPSA) is 18.5 Å². The predicted molar refractivity (Wildman–Crippen MR) is 73.3 cm³/mol. The van der Waals surface area contributed by atoms with Gasteiger partial charge < -0.3 is 15.1 Å². The van der Waals surface area contributed by atoms with Gasteiger partial charge in [-0.1, -0.05) is 20.8 Å². The minimum atomic E-state index is 0.448. The van der Waals surface area contributed by atoms with Crippen LogP contribution >= 0.6 is 0 Å². The lowest BCUT2D eigenvalue weighted by molar-refractivity contribution is 0.188. The highest BCUT2D eigenvalue weighted by molar-refractivity contribution is 4.82. The Kier molecular flexibility index (Phi) is 4.45. The van der Waals surface area contributed by atoms with Gasteiger partial charge in [-0.15, -0.1) is 0 Å². The van der Waals surface area contributed by atoms with Crippen molar-refractivity contribution < 1.29 is 0 Å². The molecule has 1 atom stereocenters. The summed E-state index contributed by atoms with van der Waals surface area (Å²) in [5.74, 6) is 0.912. The molecule has 0 radical (unpaired) electrons. The van der Waals surface area contributed by atoms with Crippen LogP contribution in [0, 0.1) is 11.3 Å². The van der Waals surface area contributed by atoms with Crippen LogP contribution in [0.3, 0.4) is 0 Å². The molecule has 0 bridgehead atoms. The average Bonchev–Trinajstić information content (AvgIpc) is 2.64. The van der Waals surface area contributed by atoms with Crippen LogP contribution in [0.5, 0.6) is 0 Å². The van der Waals surface area contributed by atoms with Crippen LogP contribution in [-0.4, -0.2) is 62.2 Å².